The number of para-hydroxylation sites is 1. The molecule has 0 amide bonds. The molecule has 0 unspecified atom stereocenters. The van der Waals surface area contributed by atoms with E-state index < -0.39 is 0 Å². The minimum absolute atomic E-state index is 0.876. The van der Waals surface area contributed by atoms with Crippen molar-refractivity contribution in [1.82, 2.24) is 24.7 Å². The Morgan fingerprint density at radius 1 is 0.920 bits per heavy atom. The number of aryl methyl sites for hydroxylation is 1. The summed E-state index contributed by atoms with van der Waals surface area (Å²) in [6, 6.07) is 18.3. The summed E-state index contributed by atoms with van der Waals surface area (Å²) in [5, 5.41) is 16.6. The highest BCUT2D eigenvalue weighted by atomic mass is 15.4. The van der Waals surface area contributed by atoms with E-state index in [0.717, 1.165) is 22.5 Å². The average molecular weight is 328 g/mol. The van der Waals surface area contributed by atoms with E-state index in [0.29, 0.717) is 0 Å². The second-order valence-corrected chi connectivity index (χ2v) is 5.67. The molecule has 4 rings (SSSR count). The van der Waals surface area contributed by atoms with Crippen LogP contribution in [0.25, 0.3) is 16.9 Å². The van der Waals surface area contributed by atoms with Gasteiger partial charge in [-0.3, -0.25) is 0 Å². The van der Waals surface area contributed by atoms with Gasteiger partial charge in [0.2, 0.25) is 0 Å². The fraction of sp³-hybridized carbons (Fsp3) is 0.0526. The number of hydrogen-bond acceptors (Lipinski definition) is 4. The van der Waals surface area contributed by atoms with E-state index in [2.05, 4.69) is 46.5 Å². The van der Waals surface area contributed by atoms with Gasteiger partial charge >= 0.3 is 0 Å². The number of nitrogens with zero attached hydrogens (tertiary/aromatic N) is 6. The molecule has 0 radical (unpaired) electrons. The van der Waals surface area contributed by atoms with Crippen molar-refractivity contribution in [1.29, 1.82) is 0 Å². The molecule has 2 heterocycles. The van der Waals surface area contributed by atoms with Crippen molar-refractivity contribution in [2.75, 3.05) is 0 Å². The van der Waals surface area contributed by atoms with Crippen LogP contribution in [0, 0.1) is 6.92 Å². The highest BCUT2D eigenvalue weighted by Gasteiger charge is 2.11. The molecular weight excluding hydrogens is 312 g/mol. The van der Waals surface area contributed by atoms with Gasteiger partial charge in [0.05, 0.1) is 11.9 Å². The molecule has 0 aliphatic heterocycles. The largest absolute Gasteiger partial charge is 0.240 e. The molecule has 0 saturated heterocycles. The number of rotatable bonds is 4. The highest BCUT2D eigenvalue weighted by molar-refractivity contribution is 5.88. The van der Waals surface area contributed by atoms with Gasteiger partial charge in [-0.15, -0.1) is 10.2 Å². The average Bonchev–Trinajstić information content (AvgIpc) is 3.31. The van der Waals surface area contributed by atoms with Crippen molar-refractivity contribution in [2.45, 2.75) is 6.92 Å². The maximum Gasteiger partial charge on any atom is 0.141 e. The highest BCUT2D eigenvalue weighted by Crippen LogP contribution is 2.23. The Morgan fingerprint density at radius 2 is 1.64 bits per heavy atom. The number of hydrogen-bond donors (Lipinski definition) is 0. The zero-order chi connectivity index (χ0) is 17.1. The SMILES string of the molecule is Cc1ccc(-c2nn(-c3ccccc3)cc2/C=N\n2cnnc2)cc1. The number of aromatic nitrogens is 5. The van der Waals surface area contributed by atoms with Crippen molar-refractivity contribution >= 4 is 6.21 Å². The van der Waals surface area contributed by atoms with Crippen LogP contribution in [0.2, 0.25) is 0 Å². The van der Waals surface area contributed by atoms with Crippen LogP contribution < -0.4 is 0 Å². The van der Waals surface area contributed by atoms with E-state index in [1.54, 1.807) is 23.5 Å². The summed E-state index contributed by atoms with van der Waals surface area (Å²) in [5.74, 6) is 0. The molecular formula is C19H16N6. The van der Waals surface area contributed by atoms with Crippen molar-refractivity contribution in [3.8, 4) is 16.9 Å². The summed E-state index contributed by atoms with van der Waals surface area (Å²) in [5.41, 5.74) is 5.05. The second-order valence-electron chi connectivity index (χ2n) is 5.67. The minimum atomic E-state index is 0.876. The summed E-state index contributed by atoms with van der Waals surface area (Å²) in [7, 11) is 0. The Labute approximate surface area is 145 Å². The molecule has 0 aliphatic rings. The Bertz CT molecular complexity index is 982. The van der Waals surface area contributed by atoms with Gasteiger partial charge in [0.1, 0.15) is 18.3 Å². The minimum Gasteiger partial charge on any atom is -0.240 e. The molecule has 25 heavy (non-hydrogen) atoms. The topological polar surface area (TPSA) is 60.9 Å². The lowest BCUT2D eigenvalue weighted by atomic mass is 10.1. The molecule has 0 N–H and O–H groups in total. The molecule has 0 saturated carbocycles. The van der Waals surface area contributed by atoms with Crippen molar-refractivity contribution in [3.63, 3.8) is 0 Å². The molecule has 0 fully saturated rings. The van der Waals surface area contributed by atoms with Crippen LogP contribution in [0.4, 0.5) is 0 Å². The molecule has 6 nitrogen and oxygen atoms in total. The van der Waals surface area contributed by atoms with Crippen LogP contribution in [0.3, 0.4) is 0 Å². The third-order valence-electron chi connectivity index (χ3n) is 3.82. The molecule has 0 spiro atoms. The van der Waals surface area contributed by atoms with Crippen LogP contribution in [0.1, 0.15) is 11.1 Å². The Balaban J connectivity index is 1.79. The Morgan fingerprint density at radius 3 is 2.36 bits per heavy atom. The molecule has 0 aliphatic carbocycles. The standard InChI is InChI=1S/C19H16N6/c1-15-7-9-16(10-8-15)19-17(11-22-24-13-20-21-14-24)12-25(23-19)18-5-3-2-4-6-18/h2-14H,1H3/b22-11-. The normalized spacial score (nSPS) is 11.2. The summed E-state index contributed by atoms with van der Waals surface area (Å²) in [4.78, 5) is 0. The summed E-state index contributed by atoms with van der Waals surface area (Å²) < 4.78 is 3.42. The first-order valence-corrected chi connectivity index (χ1v) is 7.91. The quantitative estimate of drug-likeness (QED) is 0.540. The van der Waals surface area contributed by atoms with E-state index in [-0.39, 0.29) is 0 Å². The third kappa shape index (κ3) is 3.23. The summed E-state index contributed by atoms with van der Waals surface area (Å²) in [6.45, 7) is 2.07. The molecule has 0 bridgehead atoms. The molecule has 122 valence electrons. The lowest BCUT2D eigenvalue weighted by Crippen LogP contribution is -1.93. The first kappa shape index (κ1) is 15.0. The zero-order valence-corrected chi connectivity index (χ0v) is 13.7. The number of benzene rings is 2. The first-order chi connectivity index (χ1) is 12.3. The lowest BCUT2D eigenvalue weighted by molar-refractivity contribution is 0.877. The van der Waals surface area contributed by atoms with Gasteiger partial charge in [0, 0.05) is 17.3 Å². The van der Waals surface area contributed by atoms with Crippen molar-refractivity contribution < 1.29 is 0 Å². The van der Waals surface area contributed by atoms with E-state index in [9.17, 15) is 0 Å². The van der Waals surface area contributed by atoms with Crippen LogP contribution in [-0.4, -0.2) is 30.9 Å². The molecule has 2 aromatic carbocycles. The fourth-order valence-electron chi connectivity index (χ4n) is 2.51. The van der Waals surface area contributed by atoms with Gasteiger partial charge in [-0.25, -0.2) is 9.36 Å². The van der Waals surface area contributed by atoms with Crippen LogP contribution in [0.5, 0.6) is 0 Å². The smallest absolute Gasteiger partial charge is 0.141 e. The van der Waals surface area contributed by atoms with Gasteiger partial charge in [0.25, 0.3) is 0 Å². The molecule has 0 atom stereocenters. The van der Waals surface area contributed by atoms with E-state index in [1.807, 2.05) is 41.2 Å². The predicted molar refractivity (Wildman–Crippen MR) is 96.8 cm³/mol. The Kier molecular flexibility index (Phi) is 3.92. The van der Waals surface area contributed by atoms with Crippen LogP contribution in [0.15, 0.2) is 78.6 Å². The van der Waals surface area contributed by atoms with Crippen molar-refractivity contribution in [3.05, 3.63) is 84.6 Å². The monoisotopic (exact) mass is 328 g/mol. The van der Waals surface area contributed by atoms with Crippen molar-refractivity contribution in [2.24, 2.45) is 5.10 Å². The lowest BCUT2D eigenvalue weighted by Gasteiger charge is -2.01. The zero-order valence-electron chi connectivity index (χ0n) is 13.7. The van der Waals surface area contributed by atoms with Gasteiger partial charge < -0.3 is 0 Å². The van der Waals surface area contributed by atoms with Crippen LogP contribution >= 0.6 is 0 Å². The maximum atomic E-state index is 4.77. The summed E-state index contributed by atoms with van der Waals surface area (Å²) >= 11 is 0. The van der Waals surface area contributed by atoms with E-state index in [4.69, 9.17) is 5.10 Å². The second kappa shape index (κ2) is 6.52. The Hall–Kier alpha value is -3.54. The first-order valence-electron chi connectivity index (χ1n) is 7.91. The van der Waals surface area contributed by atoms with Gasteiger partial charge in [0.15, 0.2) is 0 Å². The van der Waals surface area contributed by atoms with Gasteiger partial charge in [-0.05, 0) is 19.1 Å². The van der Waals surface area contributed by atoms with Gasteiger partial charge in [-0.2, -0.15) is 10.2 Å². The predicted octanol–water partition coefficient (Wildman–Crippen LogP) is 3.32. The van der Waals surface area contributed by atoms with E-state index in [1.165, 1.54) is 5.56 Å². The molecule has 2 aromatic heterocycles. The van der Waals surface area contributed by atoms with E-state index >= 15 is 0 Å². The summed E-state index contributed by atoms with van der Waals surface area (Å²) in [6.07, 6.45) is 6.83. The van der Waals surface area contributed by atoms with Crippen LogP contribution in [-0.2, 0) is 0 Å². The van der Waals surface area contributed by atoms with Gasteiger partial charge in [-0.1, -0.05) is 48.0 Å². The third-order valence-corrected chi connectivity index (χ3v) is 3.82. The molecule has 6 heteroatoms. The maximum absolute atomic E-state index is 4.77. The fourth-order valence-corrected chi connectivity index (χ4v) is 2.51. The molecule has 4 aromatic rings.